The molecule has 8 heteroatoms. The number of anilines is 1. The van der Waals surface area contributed by atoms with Gasteiger partial charge in [0.25, 0.3) is 0 Å². The van der Waals surface area contributed by atoms with Crippen molar-refractivity contribution in [3.05, 3.63) is 28.3 Å². The molecule has 0 bridgehead atoms. The van der Waals surface area contributed by atoms with Gasteiger partial charge in [-0.15, -0.1) is 0 Å². The van der Waals surface area contributed by atoms with E-state index in [0.717, 1.165) is 24.9 Å². The third kappa shape index (κ3) is 3.43. The maximum Gasteiger partial charge on any atom is 0.310 e. The van der Waals surface area contributed by atoms with E-state index in [2.05, 4.69) is 5.32 Å². The Balaban J connectivity index is 2.30. The molecule has 1 aromatic rings. The number of para-hydroxylation sites is 1. The summed E-state index contributed by atoms with van der Waals surface area (Å²) in [7, 11) is -3.63. The predicted molar refractivity (Wildman–Crippen MR) is 80.2 cm³/mol. The van der Waals surface area contributed by atoms with E-state index in [4.69, 9.17) is 0 Å². The normalized spacial score (nSPS) is 18.9. The smallest absolute Gasteiger partial charge is 0.310 e. The van der Waals surface area contributed by atoms with Gasteiger partial charge in [0.1, 0.15) is 10.6 Å². The lowest BCUT2D eigenvalue weighted by atomic mass is 10.2. The highest BCUT2D eigenvalue weighted by atomic mass is 32.2. The van der Waals surface area contributed by atoms with E-state index >= 15 is 0 Å². The minimum absolute atomic E-state index is 0.244. The molecule has 1 heterocycles. The summed E-state index contributed by atoms with van der Waals surface area (Å²) in [5.41, 5.74) is -0.0941. The van der Waals surface area contributed by atoms with E-state index in [9.17, 15) is 18.5 Å². The summed E-state index contributed by atoms with van der Waals surface area (Å²) < 4.78 is 23.3. The molecule has 0 aliphatic carbocycles. The van der Waals surface area contributed by atoms with Crippen molar-refractivity contribution >= 4 is 33.0 Å². The lowest BCUT2D eigenvalue weighted by Crippen LogP contribution is -2.15. The van der Waals surface area contributed by atoms with E-state index in [0.29, 0.717) is 11.8 Å². The zero-order valence-electron chi connectivity index (χ0n) is 11.0. The monoisotopic (exact) mass is 316 g/mol. The first-order valence-corrected chi connectivity index (χ1v) is 9.16. The summed E-state index contributed by atoms with van der Waals surface area (Å²) in [5, 5.41) is 14.6. The van der Waals surface area contributed by atoms with E-state index < -0.39 is 14.8 Å². The second-order valence-corrected chi connectivity index (χ2v) is 8.09. The van der Waals surface area contributed by atoms with Crippen LogP contribution in [0.1, 0.15) is 12.8 Å². The first kappa shape index (κ1) is 15.1. The molecule has 110 valence electrons. The molecular formula is C12H16N2O4S2. The fourth-order valence-corrected chi connectivity index (χ4v) is 4.24. The predicted octanol–water partition coefficient (Wildman–Crippen LogP) is 2.31. The Morgan fingerprint density at radius 3 is 2.80 bits per heavy atom. The van der Waals surface area contributed by atoms with Crippen LogP contribution in [0.2, 0.25) is 0 Å². The summed E-state index contributed by atoms with van der Waals surface area (Å²) in [4.78, 5) is 10.3. The van der Waals surface area contributed by atoms with Crippen LogP contribution in [-0.2, 0) is 9.84 Å². The third-order valence-corrected chi connectivity index (χ3v) is 5.65. The van der Waals surface area contributed by atoms with Gasteiger partial charge >= 0.3 is 5.69 Å². The van der Waals surface area contributed by atoms with E-state index in [1.54, 1.807) is 6.07 Å². The summed E-state index contributed by atoms with van der Waals surface area (Å²) in [5.74, 6) is 1.11. The van der Waals surface area contributed by atoms with E-state index in [1.807, 2.05) is 11.8 Å². The number of sulfone groups is 1. The van der Waals surface area contributed by atoms with Crippen LogP contribution in [0.3, 0.4) is 0 Å². The molecule has 20 heavy (non-hydrogen) atoms. The van der Waals surface area contributed by atoms with Gasteiger partial charge in [-0.1, -0.05) is 6.07 Å². The van der Waals surface area contributed by atoms with Crippen LogP contribution in [0.4, 0.5) is 11.4 Å². The SMILES string of the molecule is CS(=O)(=O)c1cccc(NCC2CCCS2)c1[N+](=O)[O-]. The van der Waals surface area contributed by atoms with Gasteiger partial charge in [-0.2, -0.15) is 11.8 Å². The average molecular weight is 316 g/mol. The molecule has 1 fully saturated rings. The van der Waals surface area contributed by atoms with Crippen LogP contribution < -0.4 is 5.32 Å². The molecule has 1 saturated heterocycles. The minimum atomic E-state index is -3.63. The molecule has 1 aliphatic rings. The van der Waals surface area contributed by atoms with E-state index in [1.165, 1.54) is 12.1 Å². The molecule has 1 N–H and O–H groups in total. The third-order valence-electron chi connectivity index (χ3n) is 3.13. The Morgan fingerprint density at radius 2 is 2.25 bits per heavy atom. The summed E-state index contributed by atoms with van der Waals surface area (Å²) in [6.07, 6.45) is 3.21. The molecule has 1 aliphatic heterocycles. The lowest BCUT2D eigenvalue weighted by molar-refractivity contribution is -0.386. The standard InChI is InChI=1S/C12H16N2O4S2/c1-20(17,18)11-6-2-5-10(12(11)14(15)16)13-8-9-4-3-7-19-9/h2,5-6,9,13H,3-4,7-8H2,1H3. The number of benzene rings is 1. The van der Waals surface area contributed by atoms with Crippen molar-refractivity contribution in [2.24, 2.45) is 0 Å². The van der Waals surface area contributed by atoms with Crippen molar-refractivity contribution in [1.29, 1.82) is 0 Å². The molecule has 1 atom stereocenters. The fourth-order valence-electron chi connectivity index (χ4n) is 2.18. The van der Waals surface area contributed by atoms with Crippen LogP contribution >= 0.6 is 11.8 Å². The zero-order chi connectivity index (χ0) is 14.8. The molecule has 0 radical (unpaired) electrons. The Bertz CT molecular complexity index is 610. The average Bonchev–Trinajstić information content (AvgIpc) is 2.87. The topological polar surface area (TPSA) is 89.3 Å². The van der Waals surface area contributed by atoms with Gasteiger partial charge in [-0.3, -0.25) is 10.1 Å². The molecule has 1 aromatic carbocycles. The molecule has 0 amide bonds. The molecule has 6 nitrogen and oxygen atoms in total. The summed E-state index contributed by atoms with van der Waals surface area (Å²) >= 11 is 1.84. The van der Waals surface area contributed by atoms with Crippen LogP contribution in [0.15, 0.2) is 23.1 Å². The van der Waals surface area contributed by atoms with Crippen molar-refractivity contribution in [3.8, 4) is 0 Å². The highest BCUT2D eigenvalue weighted by Gasteiger charge is 2.26. The molecular weight excluding hydrogens is 300 g/mol. The first-order chi connectivity index (χ1) is 9.39. The second kappa shape index (κ2) is 6.01. The van der Waals surface area contributed by atoms with Crippen molar-refractivity contribution in [3.63, 3.8) is 0 Å². The number of hydrogen-bond acceptors (Lipinski definition) is 6. The second-order valence-electron chi connectivity index (χ2n) is 4.70. The van der Waals surface area contributed by atoms with Gasteiger partial charge < -0.3 is 5.32 Å². The van der Waals surface area contributed by atoms with Crippen molar-refractivity contribution in [1.82, 2.24) is 0 Å². The maximum absolute atomic E-state index is 11.6. The van der Waals surface area contributed by atoms with Gasteiger partial charge in [0.2, 0.25) is 0 Å². The Hall–Kier alpha value is -1.28. The lowest BCUT2D eigenvalue weighted by Gasteiger charge is -2.12. The molecule has 1 unspecified atom stereocenters. The molecule has 0 spiro atoms. The van der Waals surface area contributed by atoms with Crippen molar-refractivity contribution < 1.29 is 13.3 Å². The summed E-state index contributed by atoms with van der Waals surface area (Å²) in [6.45, 7) is 0.610. The zero-order valence-corrected chi connectivity index (χ0v) is 12.7. The number of hydrogen-bond donors (Lipinski definition) is 1. The number of nitrogens with zero attached hydrogens (tertiary/aromatic N) is 1. The van der Waals surface area contributed by atoms with E-state index in [-0.39, 0.29) is 16.3 Å². The number of nitro groups is 1. The fraction of sp³-hybridized carbons (Fsp3) is 0.500. The highest BCUT2D eigenvalue weighted by molar-refractivity contribution is 8.00. The van der Waals surface area contributed by atoms with Crippen LogP contribution in [0.25, 0.3) is 0 Å². The number of thioether (sulfide) groups is 1. The minimum Gasteiger partial charge on any atom is -0.378 e. The Kier molecular flexibility index (Phi) is 4.54. The highest BCUT2D eigenvalue weighted by Crippen LogP contribution is 2.33. The maximum atomic E-state index is 11.6. The molecule has 0 aromatic heterocycles. The number of nitro benzene ring substituents is 1. The largest absolute Gasteiger partial charge is 0.378 e. The van der Waals surface area contributed by atoms with Crippen LogP contribution in [-0.4, -0.2) is 37.1 Å². The Labute approximate surface area is 122 Å². The van der Waals surface area contributed by atoms with Gasteiger partial charge in [0, 0.05) is 18.1 Å². The van der Waals surface area contributed by atoms with Crippen molar-refractivity contribution in [2.75, 3.05) is 23.9 Å². The summed E-state index contributed by atoms with van der Waals surface area (Å²) in [6, 6.07) is 4.34. The number of nitrogens with one attached hydrogen (secondary N) is 1. The van der Waals surface area contributed by atoms with Gasteiger partial charge in [0.15, 0.2) is 9.84 Å². The Morgan fingerprint density at radius 1 is 1.50 bits per heavy atom. The van der Waals surface area contributed by atoms with Crippen LogP contribution in [0, 0.1) is 10.1 Å². The molecule has 2 rings (SSSR count). The molecule has 0 saturated carbocycles. The van der Waals surface area contributed by atoms with Gasteiger partial charge in [-0.05, 0) is 30.7 Å². The van der Waals surface area contributed by atoms with Crippen molar-refractivity contribution in [2.45, 2.75) is 23.0 Å². The quantitative estimate of drug-likeness (QED) is 0.662. The number of rotatable bonds is 5. The van der Waals surface area contributed by atoms with Gasteiger partial charge in [0.05, 0.1) is 4.92 Å². The van der Waals surface area contributed by atoms with Crippen LogP contribution in [0.5, 0.6) is 0 Å². The first-order valence-electron chi connectivity index (χ1n) is 6.22. The van der Waals surface area contributed by atoms with Gasteiger partial charge in [-0.25, -0.2) is 8.42 Å².